The fraction of sp³-hybridized carbons (Fsp3) is 0.500. The molecule has 1 aromatic heterocycles. The second-order valence-corrected chi connectivity index (χ2v) is 2.74. The highest BCUT2D eigenvalue weighted by Gasteiger charge is 2.05. The van der Waals surface area contributed by atoms with E-state index in [4.69, 9.17) is 0 Å². The Balaban J connectivity index is 2.56. The van der Waals surface area contributed by atoms with Crippen LogP contribution in [0.1, 0.15) is 26.3 Å². The summed E-state index contributed by atoms with van der Waals surface area (Å²) < 4.78 is 1.79. The van der Waals surface area contributed by atoms with E-state index in [1.807, 2.05) is 19.2 Å². The largest absolute Gasteiger partial charge is 0.300 e. The van der Waals surface area contributed by atoms with E-state index in [0.717, 1.165) is 0 Å². The maximum atomic E-state index is 10.7. The minimum absolute atomic E-state index is 0.183. The summed E-state index contributed by atoms with van der Waals surface area (Å²) in [6.07, 6.45) is 4.14. The number of carbonyl (C=O) groups is 1. The van der Waals surface area contributed by atoms with E-state index >= 15 is 0 Å². The van der Waals surface area contributed by atoms with Crippen LogP contribution >= 0.6 is 0 Å². The smallest absolute Gasteiger partial charge is 0.131 e. The Morgan fingerprint density at radius 2 is 2.45 bits per heavy atom. The van der Waals surface area contributed by atoms with Crippen molar-refractivity contribution in [3.8, 4) is 0 Å². The van der Waals surface area contributed by atoms with E-state index in [9.17, 15) is 4.79 Å². The van der Waals surface area contributed by atoms with E-state index < -0.39 is 0 Å². The molecule has 1 atom stereocenters. The molecule has 1 rings (SSSR count). The third kappa shape index (κ3) is 2.18. The van der Waals surface area contributed by atoms with Crippen molar-refractivity contribution < 1.29 is 4.79 Å². The van der Waals surface area contributed by atoms with Gasteiger partial charge in [0.05, 0.1) is 6.04 Å². The molecule has 0 N–H and O–H groups in total. The number of aromatic nitrogens is 2. The van der Waals surface area contributed by atoms with Crippen LogP contribution in [0, 0.1) is 0 Å². The molecule has 60 valence electrons. The minimum atomic E-state index is 0.183. The lowest BCUT2D eigenvalue weighted by Crippen LogP contribution is -2.09. The quantitative estimate of drug-likeness (QED) is 0.656. The van der Waals surface area contributed by atoms with Gasteiger partial charge < -0.3 is 0 Å². The molecule has 3 nitrogen and oxygen atoms in total. The molecule has 11 heavy (non-hydrogen) atoms. The molecule has 1 aromatic rings. The first-order valence-electron chi connectivity index (χ1n) is 3.68. The van der Waals surface area contributed by atoms with Gasteiger partial charge in [-0.05, 0) is 19.9 Å². The van der Waals surface area contributed by atoms with E-state index in [2.05, 4.69) is 5.10 Å². The zero-order valence-corrected chi connectivity index (χ0v) is 6.82. The molecule has 0 saturated heterocycles. The van der Waals surface area contributed by atoms with E-state index in [1.165, 1.54) is 0 Å². The maximum Gasteiger partial charge on any atom is 0.131 e. The number of hydrogen-bond acceptors (Lipinski definition) is 2. The van der Waals surface area contributed by atoms with Crippen LogP contribution < -0.4 is 0 Å². The average Bonchev–Trinajstić information content (AvgIpc) is 2.35. The predicted octanol–water partition coefficient (Wildman–Crippen LogP) is 1.42. The lowest BCUT2D eigenvalue weighted by molar-refractivity contribution is -0.117. The Hall–Kier alpha value is -1.12. The summed E-state index contributed by atoms with van der Waals surface area (Å²) in [6.45, 7) is 3.58. The molecular weight excluding hydrogens is 140 g/mol. The zero-order valence-electron chi connectivity index (χ0n) is 6.82. The van der Waals surface area contributed by atoms with Gasteiger partial charge in [0.15, 0.2) is 0 Å². The average molecular weight is 152 g/mol. The maximum absolute atomic E-state index is 10.7. The molecule has 1 unspecified atom stereocenters. The molecule has 0 aromatic carbocycles. The van der Waals surface area contributed by atoms with Gasteiger partial charge in [0.2, 0.25) is 0 Å². The minimum Gasteiger partial charge on any atom is -0.300 e. The first kappa shape index (κ1) is 7.98. The number of ketones is 1. The van der Waals surface area contributed by atoms with Crippen LogP contribution in [0.5, 0.6) is 0 Å². The standard InChI is InChI=1S/C8H12N2O/c1-7(6-8(2)11)10-5-3-4-9-10/h3-5,7H,6H2,1-2H3. The van der Waals surface area contributed by atoms with Crippen molar-refractivity contribution in [1.29, 1.82) is 0 Å². The van der Waals surface area contributed by atoms with Gasteiger partial charge in [-0.2, -0.15) is 5.10 Å². The molecule has 0 aliphatic carbocycles. The Bertz CT molecular complexity index is 228. The summed E-state index contributed by atoms with van der Waals surface area (Å²) in [5, 5.41) is 4.03. The molecular formula is C8H12N2O. The molecule has 1 heterocycles. The molecule has 0 bridgehead atoms. The number of carbonyl (C=O) groups excluding carboxylic acids is 1. The van der Waals surface area contributed by atoms with Crippen LogP contribution in [-0.2, 0) is 4.79 Å². The van der Waals surface area contributed by atoms with Gasteiger partial charge >= 0.3 is 0 Å². The van der Waals surface area contributed by atoms with Gasteiger partial charge in [-0.15, -0.1) is 0 Å². The van der Waals surface area contributed by atoms with Crippen LogP contribution in [0.3, 0.4) is 0 Å². The van der Waals surface area contributed by atoms with Gasteiger partial charge in [-0.25, -0.2) is 0 Å². The van der Waals surface area contributed by atoms with Crippen molar-refractivity contribution >= 4 is 5.78 Å². The predicted molar refractivity (Wildman–Crippen MR) is 42.2 cm³/mol. The third-order valence-corrected chi connectivity index (χ3v) is 1.56. The molecule has 0 fully saturated rings. The summed E-state index contributed by atoms with van der Waals surface area (Å²) in [4.78, 5) is 10.7. The summed E-state index contributed by atoms with van der Waals surface area (Å²) >= 11 is 0. The van der Waals surface area contributed by atoms with Gasteiger partial charge in [0.25, 0.3) is 0 Å². The van der Waals surface area contributed by atoms with E-state index in [1.54, 1.807) is 17.8 Å². The highest BCUT2D eigenvalue weighted by Crippen LogP contribution is 2.07. The second-order valence-electron chi connectivity index (χ2n) is 2.74. The van der Waals surface area contributed by atoms with Crippen LogP contribution in [0.15, 0.2) is 18.5 Å². The van der Waals surface area contributed by atoms with Gasteiger partial charge in [-0.1, -0.05) is 0 Å². The van der Waals surface area contributed by atoms with Gasteiger partial charge in [0.1, 0.15) is 5.78 Å². The molecule has 0 amide bonds. The highest BCUT2D eigenvalue weighted by molar-refractivity contribution is 5.75. The monoisotopic (exact) mass is 152 g/mol. The summed E-state index contributed by atoms with van der Waals surface area (Å²) in [6, 6.07) is 2.04. The molecule has 0 saturated carbocycles. The van der Waals surface area contributed by atoms with Crippen molar-refractivity contribution in [2.45, 2.75) is 26.3 Å². The SMILES string of the molecule is CC(=O)CC(C)n1cccn1. The lowest BCUT2D eigenvalue weighted by Gasteiger charge is -2.08. The van der Waals surface area contributed by atoms with Crippen molar-refractivity contribution in [3.63, 3.8) is 0 Å². The molecule has 0 spiro atoms. The number of Topliss-reactive ketones (excluding diaryl/α,β-unsaturated/α-hetero) is 1. The van der Waals surface area contributed by atoms with Crippen molar-refractivity contribution in [3.05, 3.63) is 18.5 Å². The van der Waals surface area contributed by atoms with Crippen LogP contribution in [0.2, 0.25) is 0 Å². The first-order valence-corrected chi connectivity index (χ1v) is 3.68. The summed E-state index contributed by atoms with van der Waals surface area (Å²) in [7, 11) is 0. The van der Waals surface area contributed by atoms with Crippen molar-refractivity contribution in [1.82, 2.24) is 9.78 Å². The number of nitrogens with zero attached hydrogens (tertiary/aromatic N) is 2. The van der Waals surface area contributed by atoms with E-state index in [0.29, 0.717) is 6.42 Å². The molecule has 3 heteroatoms. The lowest BCUT2D eigenvalue weighted by atomic mass is 10.2. The normalized spacial score (nSPS) is 12.9. The van der Waals surface area contributed by atoms with Crippen molar-refractivity contribution in [2.75, 3.05) is 0 Å². The third-order valence-electron chi connectivity index (χ3n) is 1.56. The van der Waals surface area contributed by atoms with Gasteiger partial charge in [0, 0.05) is 18.8 Å². The molecule has 0 aliphatic heterocycles. The van der Waals surface area contributed by atoms with Crippen molar-refractivity contribution in [2.24, 2.45) is 0 Å². The Morgan fingerprint density at radius 3 is 2.91 bits per heavy atom. The van der Waals surface area contributed by atoms with Gasteiger partial charge in [-0.3, -0.25) is 9.48 Å². The number of rotatable bonds is 3. The molecule has 0 aliphatic rings. The van der Waals surface area contributed by atoms with Crippen LogP contribution in [-0.4, -0.2) is 15.6 Å². The zero-order chi connectivity index (χ0) is 8.27. The molecule has 0 radical (unpaired) electrons. The summed E-state index contributed by atoms with van der Waals surface area (Å²) in [5.74, 6) is 0.202. The number of hydrogen-bond donors (Lipinski definition) is 0. The Kier molecular flexibility index (Phi) is 2.41. The van der Waals surface area contributed by atoms with E-state index in [-0.39, 0.29) is 11.8 Å². The topological polar surface area (TPSA) is 34.9 Å². The fourth-order valence-electron chi connectivity index (χ4n) is 1.05. The fourth-order valence-corrected chi connectivity index (χ4v) is 1.05. The highest BCUT2D eigenvalue weighted by atomic mass is 16.1. The first-order chi connectivity index (χ1) is 5.20. The summed E-state index contributed by atoms with van der Waals surface area (Å²) in [5.41, 5.74) is 0. The Morgan fingerprint density at radius 1 is 1.73 bits per heavy atom. The second kappa shape index (κ2) is 3.32. The Labute approximate surface area is 66.0 Å². The van der Waals surface area contributed by atoms with Crippen LogP contribution in [0.4, 0.5) is 0 Å². The van der Waals surface area contributed by atoms with Crippen LogP contribution in [0.25, 0.3) is 0 Å².